The lowest BCUT2D eigenvalue weighted by Crippen LogP contribution is -2.23. The van der Waals surface area contributed by atoms with E-state index in [1.807, 2.05) is 31.2 Å². The first-order valence-corrected chi connectivity index (χ1v) is 8.03. The fraction of sp³-hybridized carbons (Fsp3) is 0.0625. The minimum atomic E-state index is -0.208. The van der Waals surface area contributed by atoms with Gasteiger partial charge < -0.3 is 4.42 Å². The molecule has 114 valence electrons. The molecular formula is C16H10ClN3O2S. The predicted molar refractivity (Wildman–Crippen MR) is 89.8 cm³/mol. The molecular weight excluding hydrogens is 334 g/mol. The van der Waals surface area contributed by atoms with Crippen molar-refractivity contribution in [3.63, 3.8) is 0 Å². The average Bonchev–Trinajstić information content (AvgIpc) is 3.18. The Balaban J connectivity index is 1.84. The quantitative estimate of drug-likeness (QED) is 0.561. The van der Waals surface area contributed by atoms with Crippen molar-refractivity contribution in [1.29, 1.82) is 0 Å². The Morgan fingerprint density at radius 1 is 1.30 bits per heavy atom. The molecule has 0 unspecified atom stereocenters. The monoisotopic (exact) mass is 343 g/mol. The standard InChI is InChI=1S/C16H10ClN3O2S/c1-9-5-6-12(22-9)8-13-15(21)20-16(23-13)18-14(19-20)10-3-2-4-11(17)7-10/h2-8H,1H3/b13-8-. The normalized spacial score (nSPS) is 12.3. The summed E-state index contributed by atoms with van der Waals surface area (Å²) < 4.78 is 7.31. The highest BCUT2D eigenvalue weighted by Crippen LogP contribution is 2.20. The number of aryl methyl sites for hydroxylation is 1. The Kier molecular flexibility index (Phi) is 3.28. The third-order valence-corrected chi connectivity index (χ3v) is 4.49. The van der Waals surface area contributed by atoms with Crippen molar-refractivity contribution >= 4 is 34.0 Å². The van der Waals surface area contributed by atoms with Crippen LogP contribution in [0.1, 0.15) is 11.5 Å². The van der Waals surface area contributed by atoms with Crippen molar-refractivity contribution < 1.29 is 4.42 Å². The molecule has 3 heterocycles. The van der Waals surface area contributed by atoms with Gasteiger partial charge in [0.1, 0.15) is 16.1 Å². The van der Waals surface area contributed by atoms with E-state index >= 15 is 0 Å². The molecule has 0 spiro atoms. The third kappa shape index (κ3) is 2.56. The number of rotatable bonds is 2. The molecule has 4 rings (SSSR count). The molecule has 0 radical (unpaired) electrons. The molecule has 1 aromatic carbocycles. The van der Waals surface area contributed by atoms with Gasteiger partial charge in [-0.15, -0.1) is 5.10 Å². The molecule has 0 fully saturated rings. The minimum Gasteiger partial charge on any atom is -0.462 e. The van der Waals surface area contributed by atoms with Gasteiger partial charge >= 0.3 is 0 Å². The summed E-state index contributed by atoms with van der Waals surface area (Å²) >= 11 is 7.26. The minimum absolute atomic E-state index is 0.208. The van der Waals surface area contributed by atoms with Crippen LogP contribution in [0.15, 0.2) is 45.6 Å². The molecule has 23 heavy (non-hydrogen) atoms. The van der Waals surface area contributed by atoms with Crippen LogP contribution in [0, 0.1) is 6.92 Å². The summed E-state index contributed by atoms with van der Waals surface area (Å²) in [5.74, 6) is 1.92. The number of hydrogen-bond donors (Lipinski definition) is 0. The summed E-state index contributed by atoms with van der Waals surface area (Å²) in [6.07, 6.45) is 1.70. The molecule has 5 nitrogen and oxygen atoms in total. The van der Waals surface area contributed by atoms with E-state index in [4.69, 9.17) is 16.0 Å². The van der Waals surface area contributed by atoms with Gasteiger partial charge in [0, 0.05) is 16.7 Å². The SMILES string of the molecule is Cc1ccc(/C=c2\sc3nc(-c4cccc(Cl)c4)nn3c2=O)o1. The Labute approximate surface area is 139 Å². The molecule has 0 atom stereocenters. The van der Waals surface area contributed by atoms with Crippen LogP contribution in [0.2, 0.25) is 5.02 Å². The first-order valence-electron chi connectivity index (χ1n) is 6.84. The molecule has 0 aliphatic rings. The van der Waals surface area contributed by atoms with Gasteiger partial charge in [-0.3, -0.25) is 4.79 Å². The molecule has 3 aromatic heterocycles. The zero-order chi connectivity index (χ0) is 16.0. The number of nitrogens with zero attached hydrogens (tertiary/aromatic N) is 3. The summed E-state index contributed by atoms with van der Waals surface area (Å²) in [4.78, 5) is 17.4. The van der Waals surface area contributed by atoms with Crippen molar-refractivity contribution in [2.24, 2.45) is 0 Å². The molecule has 0 aliphatic carbocycles. The number of halogens is 1. The van der Waals surface area contributed by atoms with Gasteiger partial charge in [-0.25, -0.2) is 0 Å². The third-order valence-electron chi connectivity index (χ3n) is 3.30. The van der Waals surface area contributed by atoms with E-state index in [0.29, 0.717) is 26.1 Å². The van der Waals surface area contributed by atoms with Crippen LogP contribution in [0.5, 0.6) is 0 Å². The maximum absolute atomic E-state index is 12.4. The summed E-state index contributed by atoms with van der Waals surface area (Å²) in [6, 6.07) is 10.9. The zero-order valence-electron chi connectivity index (χ0n) is 12.0. The first-order chi connectivity index (χ1) is 11.1. The molecule has 0 amide bonds. The van der Waals surface area contributed by atoms with Crippen molar-refractivity contribution in [3.8, 4) is 11.4 Å². The second-order valence-corrected chi connectivity index (χ2v) is 6.45. The zero-order valence-corrected chi connectivity index (χ0v) is 13.6. The van der Waals surface area contributed by atoms with Gasteiger partial charge in [0.2, 0.25) is 4.96 Å². The first kappa shape index (κ1) is 14.2. The fourth-order valence-corrected chi connectivity index (χ4v) is 3.32. The van der Waals surface area contributed by atoms with Crippen molar-refractivity contribution in [2.75, 3.05) is 0 Å². The van der Waals surface area contributed by atoms with Crippen LogP contribution < -0.4 is 10.1 Å². The largest absolute Gasteiger partial charge is 0.462 e. The average molecular weight is 344 g/mol. The predicted octanol–water partition coefficient (Wildman–Crippen LogP) is 2.92. The highest BCUT2D eigenvalue weighted by Gasteiger charge is 2.12. The smallest absolute Gasteiger partial charge is 0.291 e. The van der Waals surface area contributed by atoms with Crippen LogP contribution in [0.4, 0.5) is 0 Å². The Morgan fingerprint density at radius 3 is 2.87 bits per heavy atom. The van der Waals surface area contributed by atoms with Crippen molar-refractivity contribution in [3.05, 3.63) is 67.8 Å². The molecule has 0 saturated carbocycles. The second-order valence-electron chi connectivity index (χ2n) is 5.00. The maximum Gasteiger partial charge on any atom is 0.291 e. The highest BCUT2D eigenvalue weighted by atomic mass is 35.5. The Morgan fingerprint density at radius 2 is 2.17 bits per heavy atom. The lowest BCUT2D eigenvalue weighted by Gasteiger charge is -1.94. The number of furan rings is 1. The van der Waals surface area contributed by atoms with Gasteiger partial charge in [-0.1, -0.05) is 35.1 Å². The van der Waals surface area contributed by atoms with Crippen LogP contribution in [0.25, 0.3) is 22.4 Å². The fourth-order valence-electron chi connectivity index (χ4n) is 2.24. The van der Waals surface area contributed by atoms with Crippen LogP contribution in [0.3, 0.4) is 0 Å². The lowest BCUT2D eigenvalue weighted by atomic mass is 10.2. The van der Waals surface area contributed by atoms with Gasteiger partial charge in [-0.05, 0) is 31.2 Å². The maximum atomic E-state index is 12.4. The van der Waals surface area contributed by atoms with Crippen LogP contribution in [-0.2, 0) is 0 Å². The number of aromatic nitrogens is 3. The summed E-state index contributed by atoms with van der Waals surface area (Å²) in [7, 11) is 0. The van der Waals surface area contributed by atoms with Crippen LogP contribution >= 0.6 is 22.9 Å². The van der Waals surface area contributed by atoms with E-state index in [-0.39, 0.29) is 5.56 Å². The van der Waals surface area contributed by atoms with Crippen LogP contribution in [-0.4, -0.2) is 14.6 Å². The highest BCUT2D eigenvalue weighted by molar-refractivity contribution is 7.15. The Hall–Kier alpha value is -2.44. The molecule has 4 aromatic rings. The molecule has 7 heteroatoms. The van der Waals surface area contributed by atoms with E-state index < -0.39 is 0 Å². The van der Waals surface area contributed by atoms with Gasteiger partial charge in [0.15, 0.2) is 5.82 Å². The summed E-state index contributed by atoms with van der Waals surface area (Å²) in [6.45, 7) is 1.86. The molecule has 0 aliphatic heterocycles. The van der Waals surface area contributed by atoms with E-state index in [0.717, 1.165) is 11.3 Å². The van der Waals surface area contributed by atoms with E-state index in [2.05, 4.69) is 10.1 Å². The van der Waals surface area contributed by atoms with Gasteiger partial charge in [0.05, 0.1) is 0 Å². The number of thiazole rings is 1. The molecule has 0 saturated heterocycles. The van der Waals surface area contributed by atoms with E-state index in [9.17, 15) is 4.79 Å². The number of fused-ring (bicyclic) bond motifs is 1. The van der Waals surface area contributed by atoms with E-state index in [1.165, 1.54) is 15.9 Å². The summed E-state index contributed by atoms with van der Waals surface area (Å²) in [5, 5.41) is 4.89. The number of hydrogen-bond acceptors (Lipinski definition) is 5. The second kappa shape index (κ2) is 5.33. The lowest BCUT2D eigenvalue weighted by molar-refractivity contribution is 0.525. The Bertz CT molecular complexity index is 1130. The molecule has 0 N–H and O–H groups in total. The number of benzene rings is 1. The van der Waals surface area contributed by atoms with E-state index in [1.54, 1.807) is 18.2 Å². The molecule has 0 bridgehead atoms. The van der Waals surface area contributed by atoms with Crippen molar-refractivity contribution in [2.45, 2.75) is 6.92 Å². The van der Waals surface area contributed by atoms with Crippen molar-refractivity contribution in [1.82, 2.24) is 14.6 Å². The topological polar surface area (TPSA) is 60.4 Å². The van der Waals surface area contributed by atoms with Gasteiger partial charge in [-0.2, -0.15) is 9.50 Å². The van der Waals surface area contributed by atoms with Gasteiger partial charge in [0.25, 0.3) is 5.56 Å². The summed E-state index contributed by atoms with van der Waals surface area (Å²) in [5.41, 5.74) is 0.569.